The summed E-state index contributed by atoms with van der Waals surface area (Å²) in [5.41, 5.74) is 4.31. The van der Waals surface area contributed by atoms with Crippen LogP contribution >= 0.6 is 0 Å². The molecule has 0 amide bonds. The van der Waals surface area contributed by atoms with Crippen molar-refractivity contribution in [3.63, 3.8) is 0 Å². The normalized spacial score (nSPS) is 30.3. The monoisotopic (exact) mass is 428 g/mol. The fourth-order valence-corrected chi connectivity index (χ4v) is 4.48. The van der Waals surface area contributed by atoms with Crippen molar-refractivity contribution in [2.75, 3.05) is 20.3 Å². The minimum atomic E-state index is -1.35. The predicted octanol–water partition coefficient (Wildman–Crippen LogP) is 2.05. The number of methoxy groups -OCH3 is 1. The highest BCUT2D eigenvalue weighted by atomic mass is 16.7. The van der Waals surface area contributed by atoms with Crippen LogP contribution in [0.2, 0.25) is 0 Å². The summed E-state index contributed by atoms with van der Waals surface area (Å²) in [6.07, 6.45) is -2.66. The average Bonchev–Trinajstić information content (AvgIpc) is 3.63. The molecule has 5 unspecified atom stereocenters. The third-order valence-corrected chi connectivity index (χ3v) is 6.32. The van der Waals surface area contributed by atoms with Crippen LogP contribution in [0.25, 0.3) is 0 Å². The van der Waals surface area contributed by atoms with Crippen LogP contribution < -0.4 is 9.47 Å². The quantitative estimate of drug-likeness (QED) is 0.671. The summed E-state index contributed by atoms with van der Waals surface area (Å²) in [7, 11) is 1.40. The van der Waals surface area contributed by atoms with E-state index in [1.807, 2.05) is 30.3 Å². The number of fused-ring (bicyclic) bond motifs is 1. The maximum absolute atomic E-state index is 10.6. The molecule has 0 radical (unpaired) electrons. The SMILES string of the molecule is COC1OC(c2ccc(C3CC3)c(Cc3ccc4c(c3)OCCO4)c2)C(O)C(O)C1O. The molecule has 2 aromatic carbocycles. The van der Waals surface area contributed by atoms with Gasteiger partial charge in [0, 0.05) is 7.11 Å². The zero-order valence-electron chi connectivity index (χ0n) is 17.4. The fourth-order valence-electron chi connectivity index (χ4n) is 4.48. The topological polar surface area (TPSA) is 97.6 Å². The molecule has 2 aliphatic heterocycles. The average molecular weight is 428 g/mol. The maximum atomic E-state index is 10.6. The molecule has 0 aromatic heterocycles. The smallest absolute Gasteiger partial charge is 0.186 e. The molecule has 5 rings (SSSR count). The molecule has 2 heterocycles. The third kappa shape index (κ3) is 4.04. The van der Waals surface area contributed by atoms with Crippen molar-refractivity contribution >= 4 is 0 Å². The van der Waals surface area contributed by atoms with Crippen molar-refractivity contribution in [3.8, 4) is 11.5 Å². The van der Waals surface area contributed by atoms with Crippen LogP contribution in [-0.2, 0) is 15.9 Å². The van der Waals surface area contributed by atoms with E-state index in [2.05, 4.69) is 6.07 Å². The van der Waals surface area contributed by atoms with Gasteiger partial charge in [-0.2, -0.15) is 0 Å². The van der Waals surface area contributed by atoms with Gasteiger partial charge in [0.1, 0.15) is 37.6 Å². The van der Waals surface area contributed by atoms with Crippen molar-refractivity contribution < 1.29 is 34.3 Å². The first-order valence-electron chi connectivity index (χ1n) is 10.8. The van der Waals surface area contributed by atoms with E-state index in [-0.39, 0.29) is 0 Å². The Morgan fingerprint density at radius 2 is 1.68 bits per heavy atom. The van der Waals surface area contributed by atoms with Crippen LogP contribution in [0.15, 0.2) is 36.4 Å². The number of hydrogen-bond donors (Lipinski definition) is 3. The van der Waals surface area contributed by atoms with Gasteiger partial charge >= 0.3 is 0 Å². The Hall–Kier alpha value is -2.16. The molecule has 3 N–H and O–H groups in total. The number of benzene rings is 2. The van der Waals surface area contributed by atoms with E-state index < -0.39 is 30.7 Å². The molecular weight excluding hydrogens is 400 g/mol. The lowest BCUT2D eigenvalue weighted by Crippen LogP contribution is -2.54. The van der Waals surface area contributed by atoms with Crippen molar-refractivity contribution in [2.24, 2.45) is 0 Å². The minimum absolute atomic E-state index is 0.547. The van der Waals surface area contributed by atoms with E-state index in [0.29, 0.717) is 25.6 Å². The Balaban J connectivity index is 1.45. The second kappa shape index (κ2) is 8.41. The van der Waals surface area contributed by atoms with Gasteiger partial charge < -0.3 is 34.3 Å². The summed E-state index contributed by atoms with van der Waals surface area (Å²) in [5, 5.41) is 30.9. The van der Waals surface area contributed by atoms with Crippen LogP contribution in [0.1, 0.15) is 47.1 Å². The standard InChI is InChI=1S/C24H28O7/c1-28-24-22(27)20(25)21(26)23(31-24)15-5-6-17(14-3-4-14)16(12-15)10-13-2-7-18-19(11-13)30-9-8-29-18/h2,5-7,11-12,14,20-27H,3-4,8-10H2,1H3. The van der Waals surface area contributed by atoms with E-state index in [1.165, 1.54) is 25.5 Å². The van der Waals surface area contributed by atoms with Crippen molar-refractivity contribution in [1.82, 2.24) is 0 Å². The van der Waals surface area contributed by atoms with Gasteiger partial charge in [-0.3, -0.25) is 0 Å². The first-order chi connectivity index (χ1) is 15.0. The summed E-state index contributed by atoms with van der Waals surface area (Å²) in [6.45, 7) is 1.11. The van der Waals surface area contributed by atoms with Gasteiger partial charge in [-0.15, -0.1) is 0 Å². The number of aliphatic hydroxyl groups is 3. The molecule has 3 aliphatic rings. The van der Waals surface area contributed by atoms with Gasteiger partial charge in [-0.1, -0.05) is 24.3 Å². The molecule has 7 nitrogen and oxygen atoms in total. The summed E-state index contributed by atoms with van der Waals surface area (Å²) in [4.78, 5) is 0. The molecule has 0 spiro atoms. The number of hydrogen-bond acceptors (Lipinski definition) is 7. The minimum Gasteiger partial charge on any atom is -0.486 e. The van der Waals surface area contributed by atoms with Crippen molar-refractivity contribution in [1.29, 1.82) is 0 Å². The summed E-state index contributed by atoms with van der Waals surface area (Å²) < 4.78 is 22.3. The molecule has 1 aliphatic carbocycles. The summed E-state index contributed by atoms with van der Waals surface area (Å²) in [5.74, 6) is 2.08. The highest BCUT2D eigenvalue weighted by Gasteiger charge is 2.44. The molecule has 1 saturated heterocycles. The van der Waals surface area contributed by atoms with E-state index in [1.54, 1.807) is 0 Å². The fraction of sp³-hybridized carbons (Fsp3) is 0.500. The van der Waals surface area contributed by atoms with Gasteiger partial charge in [-0.05, 0) is 59.6 Å². The maximum Gasteiger partial charge on any atom is 0.186 e. The Labute approximate surface area is 181 Å². The van der Waals surface area contributed by atoms with Crippen LogP contribution in [0.4, 0.5) is 0 Å². The zero-order valence-corrected chi connectivity index (χ0v) is 17.4. The van der Waals surface area contributed by atoms with Gasteiger partial charge in [0.05, 0.1) is 0 Å². The Morgan fingerprint density at radius 1 is 0.903 bits per heavy atom. The van der Waals surface area contributed by atoms with Gasteiger partial charge in [0.2, 0.25) is 0 Å². The second-order valence-corrected chi connectivity index (χ2v) is 8.52. The van der Waals surface area contributed by atoms with Crippen LogP contribution in [-0.4, -0.2) is 60.2 Å². The number of aliphatic hydroxyl groups excluding tert-OH is 3. The summed E-state index contributed by atoms with van der Waals surface area (Å²) in [6, 6.07) is 12.1. The van der Waals surface area contributed by atoms with Gasteiger partial charge in [0.25, 0.3) is 0 Å². The highest BCUT2D eigenvalue weighted by Crippen LogP contribution is 2.44. The Morgan fingerprint density at radius 3 is 2.42 bits per heavy atom. The molecule has 7 heteroatoms. The van der Waals surface area contributed by atoms with Gasteiger partial charge in [-0.25, -0.2) is 0 Å². The van der Waals surface area contributed by atoms with Crippen LogP contribution in [0.5, 0.6) is 11.5 Å². The van der Waals surface area contributed by atoms with E-state index in [0.717, 1.165) is 28.2 Å². The lowest BCUT2D eigenvalue weighted by molar-refractivity contribution is -0.292. The molecule has 5 atom stereocenters. The van der Waals surface area contributed by atoms with Crippen molar-refractivity contribution in [2.45, 2.75) is 55.9 Å². The molecule has 31 heavy (non-hydrogen) atoms. The summed E-state index contributed by atoms with van der Waals surface area (Å²) >= 11 is 0. The highest BCUT2D eigenvalue weighted by molar-refractivity contribution is 5.47. The Bertz CT molecular complexity index is 940. The van der Waals surface area contributed by atoms with Crippen LogP contribution in [0.3, 0.4) is 0 Å². The third-order valence-electron chi connectivity index (χ3n) is 6.32. The lowest BCUT2D eigenvalue weighted by Gasteiger charge is -2.40. The lowest BCUT2D eigenvalue weighted by atomic mass is 9.89. The van der Waals surface area contributed by atoms with E-state index in [9.17, 15) is 15.3 Å². The van der Waals surface area contributed by atoms with Crippen molar-refractivity contribution in [3.05, 3.63) is 58.7 Å². The molecule has 1 saturated carbocycles. The van der Waals surface area contributed by atoms with Crippen LogP contribution in [0, 0.1) is 0 Å². The largest absolute Gasteiger partial charge is 0.486 e. The number of ether oxygens (including phenoxy) is 4. The van der Waals surface area contributed by atoms with E-state index >= 15 is 0 Å². The molecule has 2 aromatic rings. The molecule has 0 bridgehead atoms. The predicted molar refractivity (Wildman–Crippen MR) is 111 cm³/mol. The first kappa shape index (κ1) is 20.7. The molecule has 166 valence electrons. The first-order valence-corrected chi connectivity index (χ1v) is 10.8. The molecule has 2 fully saturated rings. The van der Waals surface area contributed by atoms with Gasteiger partial charge in [0.15, 0.2) is 17.8 Å². The zero-order chi connectivity index (χ0) is 21.5. The Kier molecular flexibility index (Phi) is 5.62. The van der Waals surface area contributed by atoms with E-state index in [4.69, 9.17) is 18.9 Å². The second-order valence-electron chi connectivity index (χ2n) is 8.52. The number of rotatable bonds is 5. The molecular formula is C24H28O7.